The highest BCUT2D eigenvalue weighted by Gasteiger charge is 2.46. The van der Waals surface area contributed by atoms with E-state index in [4.69, 9.17) is 0 Å². The number of rotatable bonds is 4. The van der Waals surface area contributed by atoms with Crippen LogP contribution in [0.15, 0.2) is 28.7 Å². The number of urea groups is 1. The summed E-state index contributed by atoms with van der Waals surface area (Å²) in [6, 6.07) is 5.66. The Morgan fingerprint density at radius 3 is 2.45 bits per heavy atom. The molecule has 0 radical (unpaired) electrons. The number of imide groups is 2. The Morgan fingerprint density at radius 2 is 1.91 bits per heavy atom. The highest BCUT2D eigenvalue weighted by molar-refractivity contribution is 9.10. The summed E-state index contributed by atoms with van der Waals surface area (Å²) in [5.41, 5.74) is 0.519. The highest BCUT2D eigenvalue weighted by Crippen LogP contribution is 2.17. The van der Waals surface area contributed by atoms with Crippen molar-refractivity contribution in [3.63, 3.8) is 0 Å². The molecule has 1 aromatic rings. The number of hydrogen-bond donors (Lipinski definition) is 1. The molecule has 1 aliphatic heterocycles. The minimum atomic E-state index is -0.983. The molecule has 5 amide bonds. The van der Waals surface area contributed by atoms with Crippen LogP contribution >= 0.6 is 15.9 Å². The standard InChI is InChI=1S/C14H14BrN3O4/c1-8(2)18-13(21)12(20)17(14(18)22)7-11(19)16-10-5-3-4-9(15)6-10/h3-6,8H,7H2,1-2H3,(H,16,19). The van der Waals surface area contributed by atoms with E-state index in [2.05, 4.69) is 21.2 Å². The molecular formula is C14H14BrN3O4. The first kappa shape index (κ1) is 16.2. The highest BCUT2D eigenvalue weighted by atomic mass is 79.9. The van der Waals surface area contributed by atoms with Crippen LogP contribution in [0.2, 0.25) is 0 Å². The lowest BCUT2D eigenvalue weighted by Crippen LogP contribution is -2.40. The lowest BCUT2D eigenvalue weighted by atomic mass is 10.3. The molecule has 0 aliphatic carbocycles. The van der Waals surface area contributed by atoms with Gasteiger partial charge in [0.25, 0.3) is 0 Å². The Kier molecular flexibility index (Phi) is 4.60. The molecule has 1 aromatic carbocycles. The van der Waals surface area contributed by atoms with E-state index >= 15 is 0 Å². The number of amides is 5. The van der Waals surface area contributed by atoms with E-state index in [0.29, 0.717) is 10.6 Å². The Morgan fingerprint density at radius 1 is 1.23 bits per heavy atom. The predicted octanol–water partition coefficient (Wildman–Crippen LogP) is 1.59. The molecule has 0 unspecified atom stereocenters. The van der Waals surface area contributed by atoms with Gasteiger partial charge in [-0.1, -0.05) is 22.0 Å². The van der Waals surface area contributed by atoms with Gasteiger partial charge in [-0.05, 0) is 32.0 Å². The number of anilines is 1. The lowest BCUT2D eigenvalue weighted by molar-refractivity contribution is -0.144. The molecule has 7 nitrogen and oxygen atoms in total. The second kappa shape index (κ2) is 6.27. The van der Waals surface area contributed by atoms with E-state index in [1.165, 1.54) is 0 Å². The Balaban J connectivity index is 2.07. The quantitative estimate of drug-likeness (QED) is 0.646. The van der Waals surface area contributed by atoms with Gasteiger partial charge in [-0.2, -0.15) is 0 Å². The van der Waals surface area contributed by atoms with E-state index in [9.17, 15) is 19.2 Å². The van der Waals surface area contributed by atoms with Crippen LogP contribution in [0.3, 0.4) is 0 Å². The van der Waals surface area contributed by atoms with E-state index in [1.807, 2.05) is 0 Å². The van der Waals surface area contributed by atoms with Gasteiger partial charge in [-0.15, -0.1) is 0 Å². The van der Waals surface area contributed by atoms with Crippen molar-refractivity contribution in [3.05, 3.63) is 28.7 Å². The van der Waals surface area contributed by atoms with Gasteiger partial charge in [0.1, 0.15) is 6.54 Å². The molecule has 0 aromatic heterocycles. The maximum Gasteiger partial charge on any atom is 0.334 e. The summed E-state index contributed by atoms with van der Waals surface area (Å²) in [5.74, 6) is -2.45. The lowest BCUT2D eigenvalue weighted by Gasteiger charge is -2.18. The minimum Gasteiger partial charge on any atom is -0.324 e. The van der Waals surface area contributed by atoms with Crippen molar-refractivity contribution >= 4 is 45.4 Å². The second-order valence-corrected chi connectivity index (χ2v) is 5.92. The van der Waals surface area contributed by atoms with Crippen molar-refractivity contribution < 1.29 is 19.2 Å². The van der Waals surface area contributed by atoms with E-state index < -0.39 is 36.3 Å². The van der Waals surface area contributed by atoms with Gasteiger partial charge in [-0.25, -0.2) is 9.69 Å². The summed E-state index contributed by atoms with van der Waals surface area (Å²) >= 11 is 3.27. The molecule has 1 saturated heterocycles. The van der Waals surface area contributed by atoms with Crippen LogP contribution in [0.5, 0.6) is 0 Å². The Bertz CT molecular complexity index is 659. The van der Waals surface area contributed by atoms with Crippen LogP contribution in [0.1, 0.15) is 13.8 Å². The maximum absolute atomic E-state index is 12.0. The van der Waals surface area contributed by atoms with Crippen molar-refractivity contribution in [3.8, 4) is 0 Å². The van der Waals surface area contributed by atoms with Gasteiger partial charge in [0.15, 0.2) is 0 Å². The summed E-state index contributed by atoms with van der Waals surface area (Å²) in [5, 5.41) is 2.56. The average molecular weight is 368 g/mol. The van der Waals surface area contributed by atoms with Gasteiger partial charge in [-0.3, -0.25) is 19.3 Å². The first-order chi connectivity index (χ1) is 10.3. The monoisotopic (exact) mass is 367 g/mol. The van der Waals surface area contributed by atoms with Gasteiger partial charge in [0, 0.05) is 16.2 Å². The first-order valence-corrected chi connectivity index (χ1v) is 7.35. The number of hydrogen-bond acceptors (Lipinski definition) is 4. The Labute approximate surface area is 135 Å². The van der Waals surface area contributed by atoms with Crippen LogP contribution in [0.4, 0.5) is 10.5 Å². The number of carbonyl (C=O) groups is 4. The average Bonchev–Trinajstić information content (AvgIpc) is 2.62. The fourth-order valence-corrected chi connectivity index (χ4v) is 2.43. The Hall–Kier alpha value is -2.22. The molecule has 0 atom stereocenters. The molecular weight excluding hydrogens is 354 g/mol. The number of carbonyl (C=O) groups excluding carboxylic acids is 4. The molecule has 22 heavy (non-hydrogen) atoms. The van der Waals surface area contributed by atoms with Crippen molar-refractivity contribution in [1.82, 2.24) is 9.80 Å². The predicted molar refractivity (Wildman–Crippen MR) is 81.9 cm³/mol. The van der Waals surface area contributed by atoms with Crippen LogP contribution in [0.25, 0.3) is 0 Å². The molecule has 8 heteroatoms. The summed E-state index contributed by atoms with van der Waals surface area (Å²) in [7, 11) is 0. The van der Waals surface area contributed by atoms with Gasteiger partial charge >= 0.3 is 17.8 Å². The van der Waals surface area contributed by atoms with Crippen molar-refractivity contribution in [2.24, 2.45) is 0 Å². The normalized spacial score (nSPS) is 15.0. The molecule has 0 saturated carbocycles. The van der Waals surface area contributed by atoms with Crippen molar-refractivity contribution in [2.45, 2.75) is 19.9 Å². The maximum atomic E-state index is 12.0. The van der Waals surface area contributed by atoms with Gasteiger partial charge in [0.2, 0.25) is 5.91 Å². The second-order valence-electron chi connectivity index (χ2n) is 5.00. The zero-order valence-electron chi connectivity index (χ0n) is 12.0. The molecule has 0 bridgehead atoms. The first-order valence-electron chi connectivity index (χ1n) is 6.55. The summed E-state index contributed by atoms with van der Waals surface area (Å²) in [4.78, 5) is 49.0. The van der Waals surface area contributed by atoms with Crippen LogP contribution in [-0.2, 0) is 14.4 Å². The van der Waals surface area contributed by atoms with Crippen LogP contribution < -0.4 is 5.32 Å². The summed E-state index contributed by atoms with van der Waals surface area (Å²) in [6.45, 7) is 2.74. The fraction of sp³-hybridized carbons (Fsp3) is 0.286. The number of halogens is 1. The minimum absolute atomic E-state index is 0.443. The van der Waals surface area contributed by atoms with Crippen molar-refractivity contribution in [1.29, 1.82) is 0 Å². The fourth-order valence-electron chi connectivity index (χ4n) is 2.03. The zero-order valence-corrected chi connectivity index (χ0v) is 13.6. The van der Waals surface area contributed by atoms with Crippen LogP contribution in [0, 0.1) is 0 Å². The largest absolute Gasteiger partial charge is 0.334 e. The molecule has 1 N–H and O–H groups in total. The topological polar surface area (TPSA) is 86.8 Å². The summed E-state index contributed by atoms with van der Waals surface area (Å²) < 4.78 is 0.778. The number of benzene rings is 1. The number of nitrogens with zero attached hydrogens (tertiary/aromatic N) is 2. The van der Waals surface area contributed by atoms with E-state index in [0.717, 1.165) is 9.37 Å². The van der Waals surface area contributed by atoms with Crippen LogP contribution in [-0.4, -0.2) is 46.1 Å². The third-order valence-electron chi connectivity index (χ3n) is 3.01. The molecule has 1 fully saturated rings. The van der Waals surface area contributed by atoms with Crippen molar-refractivity contribution in [2.75, 3.05) is 11.9 Å². The summed E-state index contributed by atoms with van der Waals surface area (Å²) in [6.07, 6.45) is 0. The zero-order chi connectivity index (χ0) is 16.4. The third-order valence-corrected chi connectivity index (χ3v) is 3.50. The SMILES string of the molecule is CC(C)N1C(=O)C(=O)N(CC(=O)Nc2cccc(Br)c2)C1=O. The van der Waals surface area contributed by atoms with Gasteiger partial charge in [0.05, 0.1) is 0 Å². The van der Waals surface area contributed by atoms with E-state index in [-0.39, 0.29) is 0 Å². The molecule has 1 heterocycles. The third kappa shape index (κ3) is 3.16. The van der Waals surface area contributed by atoms with E-state index in [1.54, 1.807) is 38.1 Å². The molecule has 0 spiro atoms. The molecule has 1 aliphatic rings. The van der Waals surface area contributed by atoms with Gasteiger partial charge < -0.3 is 5.32 Å². The number of nitrogens with one attached hydrogen (secondary N) is 1. The molecule has 2 rings (SSSR count). The smallest absolute Gasteiger partial charge is 0.324 e. The molecule has 116 valence electrons.